The summed E-state index contributed by atoms with van der Waals surface area (Å²) in [6.07, 6.45) is 3.45. The number of benzene rings is 1. The monoisotopic (exact) mass is 219 g/mol. The third kappa shape index (κ3) is 3.26. The maximum atomic E-state index is 3.63. The lowest BCUT2D eigenvalue weighted by Crippen LogP contribution is -2.13. The van der Waals surface area contributed by atoms with Gasteiger partial charge >= 0.3 is 0 Å². The summed E-state index contributed by atoms with van der Waals surface area (Å²) in [6, 6.07) is 6.64. The smallest absolute Gasteiger partial charge is 0.0405 e. The van der Waals surface area contributed by atoms with Gasteiger partial charge in [-0.05, 0) is 29.9 Å². The Hall–Kier alpha value is -0.980. The summed E-state index contributed by atoms with van der Waals surface area (Å²) >= 11 is 0. The van der Waals surface area contributed by atoms with E-state index in [0.717, 1.165) is 25.3 Å². The van der Waals surface area contributed by atoms with E-state index >= 15 is 0 Å². The third-order valence-electron chi connectivity index (χ3n) is 3.32. The van der Waals surface area contributed by atoms with E-state index in [9.17, 15) is 0 Å². The summed E-state index contributed by atoms with van der Waals surface area (Å²) in [5, 5.41) is 3.63. The minimum atomic E-state index is 0.745. The molecule has 0 spiro atoms. The quantitative estimate of drug-likeness (QED) is 0.753. The SMILES string of the molecule is CCc1cccc(CC)c1NCC(C)CC. The van der Waals surface area contributed by atoms with Gasteiger partial charge in [0.1, 0.15) is 0 Å². The fraction of sp³-hybridized carbons (Fsp3) is 0.600. The van der Waals surface area contributed by atoms with Crippen molar-refractivity contribution < 1.29 is 0 Å². The number of hydrogen-bond donors (Lipinski definition) is 1. The Balaban J connectivity index is 2.82. The second-order valence-corrected chi connectivity index (χ2v) is 4.55. The topological polar surface area (TPSA) is 12.0 Å². The maximum Gasteiger partial charge on any atom is 0.0405 e. The van der Waals surface area contributed by atoms with Gasteiger partial charge < -0.3 is 5.32 Å². The van der Waals surface area contributed by atoms with Crippen molar-refractivity contribution in [3.05, 3.63) is 29.3 Å². The Morgan fingerprint density at radius 1 is 1.06 bits per heavy atom. The number of anilines is 1. The molecule has 1 rings (SSSR count). The van der Waals surface area contributed by atoms with E-state index in [0.29, 0.717) is 0 Å². The summed E-state index contributed by atoms with van der Waals surface area (Å²) < 4.78 is 0. The van der Waals surface area contributed by atoms with Gasteiger partial charge in [-0.1, -0.05) is 52.3 Å². The lowest BCUT2D eigenvalue weighted by atomic mass is 10.0. The van der Waals surface area contributed by atoms with E-state index in [1.165, 1.54) is 23.2 Å². The molecule has 0 aliphatic rings. The van der Waals surface area contributed by atoms with Gasteiger partial charge in [0.25, 0.3) is 0 Å². The molecule has 1 N–H and O–H groups in total. The zero-order valence-corrected chi connectivity index (χ0v) is 11.1. The van der Waals surface area contributed by atoms with E-state index in [-0.39, 0.29) is 0 Å². The third-order valence-corrected chi connectivity index (χ3v) is 3.32. The molecule has 0 saturated heterocycles. The van der Waals surface area contributed by atoms with Crippen molar-refractivity contribution in [3.63, 3.8) is 0 Å². The first-order valence-electron chi connectivity index (χ1n) is 6.57. The van der Waals surface area contributed by atoms with Gasteiger partial charge in [-0.2, -0.15) is 0 Å². The molecule has 0 aliphatic carbocycles. The molecule has 1 heteroatoms. The van der Waals surface area contributed by atoms with Crippen molar-refractivity contribution in [2.24, 2.45) is 5.92 Å². The Morgan fingerprint density at radius 2 is 1.62 bits per heavy atom. The minimum absolute atomic E-state index is 0.745. The molecule has 0 amide bonds. The molecular formula is C15H25N. The van der Waals surface area contributed by atoms with Crippen LogP contribution in [0.15, 0.2) is 18.2 Å². The lowest BCUT2D eigenvalue weighted by Gasteiger charge is -2.17. The van der Waals surface area contributed by atoms with Crippen molar-refractivity contribution in [2.45, 2.75) is 47.0 Å². The summed E-state index contributed by atoms with van der Waals surface area (Å²) in [7, 11) is 0. The molecule has 0 aliphatic heterocycles. The number of rotatable bonds is 6. The normalized spacial score (nSPS) is 12.5. The van der Waals surface area contributed by atoms with Crippen molar-refractivity contribution >= 4 is 5.69 Å². The molecule has 1 unspecified atom stereocenters. The number of hydrogen-bond acceptors (Lipinski definition) is 1. The zero-order valence-electron chi connectivity index (χ0n) is 11.1. The van der Waals surface area contributed by atoms with Crippen LogP contribution in [0.3, 0.4) is 0 Å². The van der Waals surface area contributed by atoms with Gasteiger partial charge in [-0.25, -0.2) is 0 Å². The molecule has 0 bridgehead atoms. The van der Waals surface area contributed by atoms with Crippen LogP contribution in [0, 0.1) is 5.92 Å². The van der Waals surface area contributed by atoms with Gasteiger partial charge in [-0.15, -0.1) is 0 Å². The molecule has 16 heavy (non-hydrogen) atoms. The Labute approximate surface area is 100 Å². The second kappa shape index (κ2) is 6.57. The first-order valence-corrected chi connectivity index (χ1v) is 6.57. The number of para-hydroxylation sites is 1. The largest absolute Gasteiger partial charge is 0.384 e. The van der Waals surface area contributed by atoms with Crippen LogP contribution in [0.4, 0.5) is 5.69 Å². The van der Waals surface area contributed by atoms with Crippen molar-refractivity contribution in [2.75, 3.05) is 11.9 Å². The first-order chi connectivity index (χ1) is 7.72. The molecular weight excluding hydrogens is 194 g/mol. The fourth-order valence-corrected chi connectivity index (χ4v) is 1.89. The summed E-state index contributed by atoms with van der Waals surface area (Å²) in [5.41, 5.74) is 4.28. The molecule has 90 valence electrons. The molecule has 0 heterocycles. The highest BCUT2D eigenvalue weighted by Gasteiger charge is 2.06. The van der Waals surface area contributed by atoms with Crippen LogP contribution < -0.4 is 5.32 Å². The second-order valence-electron chi connectivity index (χ2n) is 4.55. The van der Waals surface area contributed by atoms with E-state index in [2.05, 4.69) is 51.2 Å². The van der Waals surface area contributed by atoms with Crippen LogP contribution >= 0.6 is 0 Å². The summed E-state index contributed by atoms with van der Waals surface area (Å²) in [4.78, 5) is 0. The van der Waals surface area contributed by atoms with Crippen LogP contribution in [0.1, 0.15) is 45.2 Å². The van der Waals surface area contributed by atoms with E-state index in [1.54, 1.807) is 0 Å². The Kier molecular flexibility index (Phi) is 5.37. The number of aryl methyl sites for hydroxylation is 2. The predicted molar refractivity (Wildman–Crippen MR) is 73.1 cm³/mol. The zero-order chi connectivity index (χ0) is 12.0. The van der Waals surface area contributed by atoms with E-state index in [4.69, 9.17) is 0 Å². The molecule has 1 aromatic carbocycles. The van der Waals surface area contributed by atoms with Gasteiger partial charge in [0, 0.05) is 12.2 Å². The summed E-state index contributed by atoms with van der Waals surface area (Å²) in [5.74, 6) is 0.745. The van der Waals surface area contributed by atoms with Crippen molar-refractivity contribution in [1.82, 2.24) is 0 Å². The fourth-order valence-electron chi connectivity index (χ4n) is 1.89. The molecule has 1 atom stereocenters. The van der Waals surface area contributed by atoms with Crippen molar-refractivity contribution in [3.8, 4) is 0 Å². The van der Waals surface area contributed by atoms with E-state index in [1.807, 2.05) is 0 Å². The van der Waals surface area contributed by atoms with Gasteiger partial charge in [0.2, 0.25) is 0 Å². The first kappa shape index (κ1) is 13.1. The van der Waals surface area contributed by atoms with Gasteiger partial charge in [0.05, 0.1) is 0 Å². The Morgan fingerprint density at radius 3 is 2.06 bits per heavy atom. The van der Waals surface area contributed by atoms with Crippen LogP contribution in [0.5, 0.6) is 0 Å². The van der Waals surface area contributed by atoms with Crippen LogP contribution in [0.2, 0.25) is 0 Å². The highest BCUT2D eigenvalue weighted by atomic mass is 14.9. The average molecular weight is 219 g/mol. The molecule has 0 radical (unpaired) electrons. The van der Waals surface area contributed by atoms with Crippen molar-refractivity contribution in [1.29, 1.82) is 0 Å². The minimum Gasteiger partial charge on any atom is -0.384 e. The summed E-state index contributed by atoms with van der Waals surface area (Å²) in [6.45, 7) is 10.1. The van der Waals surface area contributed by atoms with Crippen LogP contribution in [0.25, 0.3) is 0 Å². The van der Waals surface area contributed by atoms with Crippen LogP contribution in [-0.2, 0) is 12.8 Å². The maximum absolute atomic E-state index is 3.63. The Bertz CT molecular complexity index is 295. The van der Waals surface area contributed by atoms with Crippen LogP contribution in [-0.4, -0.2) is 6.54 Å². The van der Waals surface area contributed by atoms with Gasteiger partial charge in [-0.3, -0.25) is 0 Å². The average Bonchev–Trinajstić information content (AvgIpc) is 2.35. The molecule has 1 nitrogen and oxygen atoms in total. The molecule has 1 aromatic rings. The molecule has 0 fully saturated rings. The highest BCUT2D eigenvalue weighted by molar-refractivity contribution is 5.57. The predicted octanol–water partition coefficient (Wildman–Crippen LogP) is 4.27. The number of nitrogens with one attached hydrogen (secondary N) is 1. The molecule has 0 saturated carbocycles. The van der Waals surface area contributed by atoms with Gasteiger partial charge in [0.15, 0.2) is 0 Å². The lowest BCUT2D eigenvalue weighted by molar-refractivity contribution is 0.593. The standard InChI is InChI=1S/C15H25N/c1-5-12(4)11-16-15-13(6-2)9-8-10-14(15)7-3/h8-10,12,16H,5-7,11H2,1-4H3. The van der Waals surface area contributed by atoms with E-state index < -0.39 is 0 Å². The molecule has 0 aromatic heterocycles. The highest BCUT2D eigenvalue weighted by Crippen LogP contribution is 2.23.